The first-order chi connectivity index (χ1) is 8.76. The van der Waals surface area contributed by atoms with Gasteiger partial charge in [-0.15, -0.1) is 0 Å². The van der Waals surface area contributed by atoms with Crippen LogP contribution in [0.5, 0.6) is 0 Å². The second kappa shape index (κ2) is 8.63. The molecule has 1 rings (SSSR count). The summed E-state index contributed by atoms with van der Waals surface area (Å²) in [5.74, 6) is -0.0506. The Morgan fingerprint density at radius 2 is 2.17 bits per heavy atom. The van der Waals surface area contributed by atoms with Crippen molar-refractivity contribution in [1.82, 2.24) is 10.6 Å². The SMILES string of the molecule is COCCNC(=O)CNCc1cccc(CO)c1. The summed E-state index contributed by atoms with van der Waals surface area (Å²) in [6.07, 6.45) is 0. The molecule has 0 spiro atoms. The van der Waals surface area contributed by atoms with Gasteiger partial charge in [0.25, 0.3) is 0 Å². The van der Waals surface area contributed by atoms with Crippen molar-refractivity contribution in [3.05, 3.63) is 35.4 Å². The molecule has 0 saturated carbocycles. The molecule has 0 aliphatic rings. The summed E-state index contributed by atoms with van der Waals surface area (Å²) in [5, 5.41) is 14.8. The Hall–Kier alpha value is -1.43. The van der Waals surface area contributed by atoms with Crippen LogP contribution in [0.3, 0.4) is 0 Å². The largest absolute Gasteiger partial charge is 0.392 e. The monoisotopic (exact) mass is 252 g/mol. The second-order valence-electron chi connectivity index (χ2n) is 3.92. The van der Waals surface area contributed by atoms with Crippen molar-refractivity contribution in [3.8, 4) is 0 Å². The first kappa shape index (κ1) is 14.6. The van der Waals surface area contributed by atoms with Crippen molar-refractivity contribution < 1.29 is 14.6 Å². The van der Waals surface area contributed by atoms with Crippen LogP contribution in [0.15, 0.2) is 24.3 Å². The summed E-state index contributed by atoms with van der Waals surface area (Å²) in [7, 11) is 1.60. The Morgan fingerprint density at radius 3 is 2.89 bits per heavy atom. The normalized spacial score (nSPS) is 10.3. The van der Waals surface area contributed by atoms with Crippen molar-refractivity contribution in [2.45, 2.75) is 13.2 Å². The highest BCUT2D eigenvalue weighted by molar-refractivity contribution is 5.77. The molecule has 0 bridgehead atoms. The average molecular weight is 252 g/mol. The topological polar surface area (TPSA) is 70.6 Å². The van der Waals surface area contributed by atoms with E-state index in [0.717, 1.165) is 11.1 Å². The number of rotatable bonds is 8. The van der Waals surface area contributed by atoms with E-state index in [2.05, 4.69) is 10.6 Å². The number of ether oxygens (including phenoxy) is 1. The van der Waals surface area contributed by atoms with E-state index in [1.165, 1.54) is 0 Å². The molecular formula is C13H20N2O3. The van der Waals surface area contributed by atoms with E-state index in [4.69, 9.17) is 9.84 Å². The zero-order valence-electron chi connectivity index (χ0n) is 10.6. The maximum Gasteiger partial charge on any atom is 0.234 e. The predicted octanol–water partition coefficient (Wildman–Crippen LogP) is 0.0311. The van der Waals surface area contributed by atoms with Crippen LogP contribution < -0.4 is 10.6 Å². The first-order valence-electron chi connectivity index (χ1n) is 5.91. The van der Waals surface area contributed by atoms with Crippen molar-refractivity contribution in [1.29, 1.82) is 0 Å². The van der Waals surface area contributed by atoms with Gasteiger partial charge in [-0.2, -0.15) is 0 Å². The van der Waals surface area contributed by atoms with Crippen LogP contribution in [-0.4, -0.2) is 37.8 Å². The maximum atomic E-state index is 11.4. The molecular weight excluding hydrogens is 232 g/mol. The van der Waals surface area contributed by atoms with Gasteiger partial charge in [-0.3, -0.25) is 4.79 Å². The minimum absolute atomic E-state index is 0.0331. The summed E-state index contributed by atoms with van der Waals surface area (Å²) >= 11 is 0. The Bertz CT molecular complexity index is 369. The molecule has 18 heavy (non-hydrogen) atoms. The molecule has 0 heterocycles. The van der Waals surface area contributed by atoms with Gasteiger partial charge in [0.2, 0.25) is 5.91 Å². The lowest BCUT2D eigenvalue weighted by atomic mass is 10.1. The zero-order valence-corrected chi connectivity index (χ0v) is 10.6. The third kappa shape index (κ3) is 5.77. The number of nitrogens with one attached hydrogen (secondary N) is 2. The minimum atomic E-state index is -0.0506. The fourth-order valence-electron chi connectivity index (χ4n) is 1.51. The standard InChI is InChI=1S/C13H20N2O3/c1-18-6-5-15-13(17)9-14-8-11-3-2-4-12(7-11)10-16/h2-4,7,14,16H,5-6,8-10H2,1H3,(H,15,17). The first-order valence-corrected chi connectivity index (χ1v) is 5.91. The van der Waals surface area contributed by atoms with E-state index in [0.29, 0.717) is 19.7 Å². The molecule has 0 radical (unpaired) electrons. The molecule has 0 unspecified atom stereocenters. The quantitative estimate of drug-likeness (QED) is 0.571. The van der Waals surface area contributed by atoms with Gasteiger partial charge in [-0.25, -0.2) is 0 Å². The van der Waals surface area contributed by atoms with Crippen LogP contribution in [0, 0.1) is 0 Å². The summed E-state index contributed by atoms with van der Waals surface area (Å²) in [6, 6.07) is 7.62. The fraction of sp³-hybridized carbons (Fsp3) is 0.462. The molecule has 100 valence electrons. The van der Waals surface area contributed by atoms with Gasteiger partial charge in [0.05, 0.1) is 19.8 Å². The number of benzene rings is 1. The minimum Gasteiger partial charge on any atom is -0.392 e. The number of carbonyl (C=O) groups is 1. The highest BCUT2D eigenvalue weighted by Crippen LogP contribution is 2.04. The molecule has 5 heteroatoms. The summed E-state index contributed by atoms with van der Waals surface area (Å²) in [4.78, 5) is 11.4. The molecule has 3 N–H and O–H groups in total. The van der Waals surface area contributed by atoms with Crippen molar-refractivity contribution >= 4 is 5.91 Å². The summed E-state index contributed by atoms with van der Waals surface area (Å²) in [5.41, 5.74) is 1.92. The lowest BCUT2D eigenvalue weighted by Gasteiger charge is -2.07. The summed E-state index contributed by atoms with van der Waals surface area (Å²) < 4.78 is 4.83. The number of carbonyl (C=O) groups excluding carboxylic acids is 1. The molecule has 1 aromatic rings. The zero-order chi connectivity index (χ0) is 13.2. The average Bonchev–Trinajstić information content (AvgIpc) is 2.39. The number of methoxy groups -OCH3 is 1. The number of amides is 1. The van der Waals surface area contributed by atoms with Gasteiger partial charge >= 0.3 is 0 Å². The van der Waals surface area contributed by atoms with Crippen molar-refractivity contribution in [3.63, 3.8) is 0 Å². The van der Waals surface area contributed by atoms with E-state index < -0.39 is 0 Å². The van der Waals surface area contributed by atoms with E-state index in [-0.39, 0.29) is 19.1 Å². The van der Waals surface area contributed by atoms with Crippen molar-refractivity contribution in [2.75, 3.05) is 26.8 Å². The Balaban J connectivity index is 2.22. The number of aliphatic hydroxyl groups excluding tert-OH is 1. The van der Waals surface area contributed by atoms with Crippen LogP contribution in [0.4, 0.5) is 0 Å². The highest BCUT2D eigenvalue weighted by atomic mass is 16.5. The van der Waals surface area contributed by atoms with Crippen LogP contribution in [-0.2, 0) is 22.7 Å². The van der Waals surface area contributed by atoms with Gasteiger partial charge in [-0.05, 0) is 11.1 Å². The lowest BCUT2D eigenvalue weighted by molar-refractivity contribution is -0.120. The maximum absolute atomic E-state index is 11.4. The molecule has 0 aliphatic carbocycles. The predicted molar refractivity (Wildman–Crippen MR) is 69.0 cm³/mol. The van der Waals surface area contributed by atoms with E-state index >= 15 is 0 Å². The van der Waals surface area contributed by atoms with Gasteiger partial charge in [0.15, 0.2) is 0 Å². The molecule has 1 amide bonds. The second-order valence-corrected chi connectivity index (χ2v) is 3.92. The van der Waals surface area contributed by atoms with E-state index in [1.807, 2.05) is 24.3 Å². The molecule has 0 atom stereocenters. The highest BCUT2D eigenvalue weighted by Gasteiger charge is 2.00. The van der Waals surface area contributed by atoms with E-state index in [1.54, 1.807) is 7.11 Å². The number of hydrogen-bond donors (Lipinski definition) is 3. The van der Waals surface area contributed by atoms with Gasteiger partial charge in [-0.1, -0.05) is 24.3 Å². The number of hydrogen-bond acceptors (Lipinski definition) is 4. The van der Waals surface area contributed by atoms with Gasteiger partial charge < -0.3 is 20.5 Å². The third-order valence-electron chi connectivity index (χ3n) is 2.42. The van der Waals surface area contributed by atoms with Gasteiger partial charge in [0, 0.05) is 20.2 Å². The van der Waals surface area contributed by atoms with Gasteiger partial charge in [0.1, 0.15) is 0 Å². The van der Waals surface area contributed by atoms with Crippen LogP contribution in [0.25, 0.3) is 0 Å². The summed E-state index contributed by atoms with van der Waals surface area (Å²) in [6.45, 7) is 1.95. The Labute approximate surface area is 107 Å². The molecule has 1 aromatic carbocycles. The van der Waals surface area contributed by atoms with Crippen molar-refractivity contribution in [2.24, 2.45) is 0 Å². The molecule has 0 aliphatic heterocycles. The molecule has 5 nitrogen and oxygen atoms in total. The van der Waals surface area contributed by atoms with Crippen LogP contribution in [0.1, 0.15) is 11.1 Å². The lowest BCUT2D eigenvalue weighted by Crippen LogP contribution is -2.35. The van der Waals surface area contributed by atoms with E-state index in [9.17, 15) is 4.79 Å². The van der Waals surface area contributed by atoms with Crippen LogP contribution >= 0.6 is 0 Å². The number of aliphatic hydroxyl groups is 1. The molecule has 0 aromatic heterocycles. The Kier molecular flexibility index (Phi) is 7.01. The Morgan fingerprint density at radius 1 is 1.39 bits per heavy atom. The molecule has 0 fully saturated rings. The molecule has 0 saturated heterocycles. The smallest absolute Gasteiger partial charge is 0.234 e. The van der Waals surface area contributed by atoms with Crippen LogP contribution in [0.2, 0.25) is 0 Å². The fourth-order valence-corrected chi connectivity index (χ4v) is 1.51. The third-order valence-corrected chi connectivity index (χ3v) is 2.42.